The van der Waals surface area contributed by atoms with Crippen LogP contribution in [0.3, 0.4) is 0 Å². The van der Waals surface area contributed by atoms with Crippen LogP contribution >= 0.6 is 0 Å². The van der Waals surface area contributed by atoms with Gasteiger partial charge in [0.05, 0.1) is 25.5 Å². The lowest BCUT2D eigenvalue weighted by Crippen LogP contribution is -2.37. The summed E-state index contributed by atoms with van der Waals surface area (Å²) in [4.78, 5) is 13.2. The molecule has 1 heterocycles. The second kappa shape index (κ2) is 6.30. The maximum atomic E-state index is 11.5. The molecule has 16 heavy (non-hydrogen) atoms. The van der Waals surface area contributed by atoms with Gasteiger partial charge in [-0.15, -0.1) is 0 Å². The van der Waals surface area contributed by atoms with Crippen LogP contribution in [0.15, 0.2) is 22.8 Å². The summed E-state index contributed by atoms with van der Waals surface area (Å²) in [6.45, 7) is 2.84. The van der Waals surface area contributed by atoms with Crippen molar-refractivity contribution in [2.24, 2.45) is 0 Å². The molecule has 0 bridgehead atoms. The van der Waals surface area contributed by atoms with E-state index in [9.17, 15) is 4.79 Å². The van der Waals surface area contributed by atoms with Crippen LogP contribution in [0.5, 0.6) is 0 Å². The molecule has 1 aromatic rings. The lowest BCUT2D eigenvalue weighted by Gasteiger charge is -2.17. The van der Waals surface area contributed by atoms with Crippen LogP contribution in [0, 0.1) is 0 Å². The second-order valence-electron chi connectivity index (χ2n) is 3.90. The zero-order valence-electron chi connectivity index (χ0n) is 9.64. The molecule has 0 aromatic carbocycles. The molecule has 0 aliphatic carbocycles. The van der Waals surface area contributed by atoms with Crippen molar-refractivity contribution in [3.8, 4) is 0 Å². The van der Waals surface area contributed by atoms with Crippen LogP contribution in [-0.2, 0) is 11.3 Å². The molecule has 1 atom stereocenters. The Morgan fingerprint density at radius 3 is 3.00 bits per heavy atom. The molecule has 0 radical (unpaired) electrons. The monoisotopic (exact) mass is 226 g/mol. The smallest absolute Gasteiger partial charge is 0.234 e. The minimum Gasteiger partial charge on any atom is -0.467 e. The summed E-state index contributed by atoms with van der Waals surface area (Å²) in [7, 11) is 1.79. The minimum absolute atomic E-state index is 0.0837. The van der Waals surface area contributed by atoms with E-state index in [1.165, 1.54) is 0 Å². The third-order valence-corrected chi connectivity index (χ3v) is 2.03. The molecule has 5 heteroatoms. The zero-order chi connectivity index (χ0) is 12.0. The summed E-state index contributed by atoms with van der Waals surface area (Å²) in [6.07, 6.45) is 1.14. The van der Waals surface area contributed by atoms with Gasteiger partial charge in [-0.2, -0.15) is 0 Å². The molecular weight excluding hydrogens is 208 g/mol. The molecule has 1 unspecified atom stereocenters. The fourth-order valence-corrected chi connectivity index (χ4v) is 1.42. The number of likely N-dealkylation sites (N-methyl/N-ethyl adjacent to an activating group) is 1. The molecule has 1 aromatic heterocycles. The van der Waals surface area contributed by atoms with Gasteiger partial charge < -0.3 is 14.8 Å². The first-order valence-corrected chi connectivity index (χ1v) is 5.23. The number of amides is 1. The Balaban J connectivity index is 2.20. The summed E-state index contributed by atoms with van der Waals surface area (Å²) in [5.74, 6) is 0.645. The third-order valence-electron chi connectivity index (χ3n) is 2.03. The molecule has 0 saturated carbocycles. The van der Waals surface area contributed by atoms with E-state index in [2.05, 4.69) is 5.32 Å². The molecular formula is C11H18N2O3. The maximum Gasteiger partial charge on any atom is 0.234 e. The fraction of sp³-hybridized carbons (Fsp3) is 0.545. The molecule has 0 aliphatic heterocycles. The fourth-order valence-electron chi connectivity index (χ4n) is 1.42. The Kier molecular flexibility index (Phi) is 5.01. The SMILES string of the molecule is CC(O)CN(C)CC(=O)NCc1ccco1. The van der Waals surface area contributed by atoms with Gasteiger partial charge in [-0.1, -0.05) is 0 Å². The number of aliphatic hydroxyl groups excluding tert-OH is 1. The van der Waals surface area contributed by atoms with E-state index in [0.717, 1.165) is 5.76 Å². The molecule has 0 fully saturated rings. The molecule has 1 amide bonds. The number of hydrogen-bond donors (Lipinski definition) is 2. The number of carbonyl (C=O) groups is 1. The standard InChI is InChI=1S/C11H18N2O3/c1-9(14)7-13(2)8-11(15)12-6-10-4-3-5-16-10/h3-5,9,14H,6-8H2,1-2H3,(H,12,15). The number of nitrogens with zero attached hydrogens (tertiary/aromatic N) is 1. The van der Waals surface area contributed by atoms with Gasteiger partial charge in [0, 0.05) is 6.54 Å². The first kappa shape index (κ1) is 12.7. The van der Waals surface area contributed by atoms with Crippen LogP contribution in [0.1, 0.15) is 12.7 Å². The van der Waals surface area contributed by atoms with Crippen molar-refractivity contribution in [3.05, 3.63) is 24.2 Å². The van der Waals surface area contributed by atoms with E-state index in [1.54, 1.807) is 37.3 Å². The predicted molar refractivity (Wildman–Crippen MR) is 59.7 cm³/mol. The highest BCUT2D eigenvalue weighted by molar-refractivity contribution is 5.77. The largest absolute Gasteiger partial charge is 0.467 e. The number of furan rings is 1. The van der Waals surface area contributed by atoms with Crippen molar-refractivity contribution in [1.82, 2.24) is 10.2 Å². The topological polar surface area (TPSA) is 65.7 Å². The van der Waals surface area contributed by atoms with E-state index < -0.39 is 6.10 Å². The van der Waals surface area contributed by atoms with Crippen molar-refractivity contribution >= 4 is 5.91 Å². The van der Waals surface area contributed by atoms with Crippen LogP contribution in [-0.4, -0.2) is 42.2 Å². The summed E-state index contributed by atoms with van der Waals surface area (Å²) >= 11 is 0. The quantitative estimate of drug-likeness (QED) is 0.727. The van der Waals surface area contributed by atoms with Gasteiger partial charge in [0.1, 0.15) is 5.76 Å². The number of carbonyl (C=O) groups excluding carboxylic acids is 1. The highest BCUT2D eigenvalue weighted by atomic mass is 16.3. The molecule has 5 nitrogen and oxygen atoms in total. The highest BCUT2D eigenvalue weighted by Gasteiger charge is 2.08. The third kappa shape index (κ3) is 4.95. The summed E-state index contributed by atoms with van der Waals surface area (Å²) in [5.41, 5.74) is 0. The number of nitrogens with one attached hydrogen (secondary N) is 1. The first-order chi connectivity index (χ1) is 7.58. The molecule has 2 N–H and O–H groups in total. The van der Waals surface area contributed by atoms with Crippen molar-refractivity contribution in [2.45, 2.75) is 19.6 Å². The van der Waals surface area contributed by atoms with Gasteiger partial charge in [0.2, 0.25) is 5.91 Å². The van der Waals surface area contributed by atoms with E-state index in [4.69, 9.17) is 9.52 Å². The number of hydrogen-bond acceptors (Lipinski definition) is 4. The second-order valence-corrected chi connectivity index (χ2v) is 3.90. The Bertz CT molecular complexity index is 309. The first-order valence-electron chi connectivity index (χ1n) is 5.23. The van der Waals surface area contributed by atoms with E-state index in [0.29, 0.717) is 13.1 Å². The number of aliphatic hydroxyl groups is 1. The van der Waals surface area contributed by atoms with E-state index >= 15 is 0 Å². The predicted octanol–water partition coefficient (Wildman–Crippen LogP) is 0.208. The lowest BCUT2D eigenvalue weighted by molar-refractivity contribution is -0.122. The Labute approximate surface area is 95.0 Å². The van der Waals surface area contributed by atoms with E-state index in [-0.39, 0.29) is 12.5 Å². The maximum absolute atomic E-state index is 11.5. The van der Waals surface area contributed by atoms with Crippen LogP contribution in [0.4, 0.5) is 0 Å². The van der Waals surface area contributed by atoms with Crippen molar-refractivity contribution in [1.29, 1.82) is 0 Å². The van der Waals surface area contributed by atoms with E-state index in [1.807, 2.05) is 0 Å². The Hall–Kier alpha value is -1.33. The Morgan fingerprint density at radius 1 is 1.69 bits per heavy atom. The van der Waals surface area contributed by atoms with Crippen LogP contribution < -0.4 is 5.32 Å². The molecule has 0 saturated heterocycles. The van der Waals surface area contributed by atoms with Gasteiger partial charge in [0.15, 0.2) is 0 Å². The van der Waals surface area contributed by atoms with Crippen LogP contribution in [0.2, 0.25) is 0 Å². The molecule has 0 spiro atoms. The normalized spacial score (nSPS) is 12.8. The minimum atomic E-state index is -0.428. The average molecular weight is 226 g/mol. The van der Waals surface area contributed by atoms with Gasteiger partial charge in [-0.3, -0.25) is 9.69 Å². The molecule has 0 aliphatic rings. The molecule has 90 valence electrons. The van der Waals surface area contributed by atoms with Gasteiger partial charge in [-0.05, 0) is 26.1 Å². The highest BCUT2D eigenvalue weighted by Crippen LogP contribution is 1.98. The van der Waals surface area contributed by atoms with Crippen molar-refractivity contribution in [3.63, 3.8) is 0 Å². The lowest BCUT2D eigenvalue weighted by atomic mass is 10.3. The molecule has 1 rings (SSSR count). The zero-order valence-corrected chi connectivity index (χ0v) is 9.64. The summed E-state index contributed by atoms with van der Waals surface area (Å²) in [5, 5.41) is 11.9. The number of rotatable bonds is 6. The summed E-state index contributed by atoms with van der Waals surface area (Å²) < 4.78 is 5.09. The van der Waals surface area contributed by atoms with Crippen molar-refractivity contribution < 1.29 is 14.3 Å². The summed E-state index contributed by atoms with van der Waals surface area (Å²) in [6, 6.07) is 3.58. The average Bonchev–Trinajstić information content (AvgIpc) is 2.65. The Morgan fingerprint density at radius 2 is 2.44 bits per heavy atom. The van der Waals surface area contributed by atoms with Gasteiger partial charge in [0.25, 0.3) is 0 Å². The van der Waals surface area contributed by atoms with Crippen LogP contribution in [0.25, 0.3) is 0 Å². The van der Waals surface area contributed by atoms with Gasteiger partial charge in [-0.25, -0.2) is 0 Å². The van der Waals surface area contributed by atoms with Gasteiger partial charge >= 0.3 is 0 Å². The van der Waals surface area contributed by atoms with Crippen molar-refractivity contribution in [2.75, 3.05) is 20.1 Å².